The lowest BCUT2D eigenvalue weighted by molar-refractivity contribution is 0.502. The van der Waals surface area contributed by atoms with Crippen LogP contribution in [0.3, 0.4) is 0 Å². The molecule has 0 aliphatic carbocycles. The van der Waals surface area contributed by atoms with E-state index in [2.05, 4.69) is 76.9 Å². The first-order valence-corrected chi connectivity index (χ1v) is 17.0. The minimum absolute atomic E-state index is 0.186. The van der Waals surface area contributed by atoms with E-state index >= 15 is 0 Å². The Balaban J connectivity index is 1.19. The van der Waals surface area contributed by atoms with Gasteiger partial charge in [-0.2, -0.15) is 0 Å². The largest absolute Gasteiger partial charge is 0.398 e. The zero-order valence-corrected chi connectivity index (χ0v) is 28.5. The fourth-order valence-electron chi connectivity index (χ4n) is 6.27. The summed E-state index contributed by atoms with van der Waals surface area (Å²) in [6, 6.07) is 61.6. The van der Waals surface area contributed by atoms with Crippen LogP contribution in [0.2, 0.25) is 0 Å². The van der Waals surface area contributed by atoms with Gasteiger partial charge in [0.1, 0.15) is 5.84 Å². The average molecular weight is 662 g/mol. The molecular formula is C46H39N5. The van der Waals surface area contributed by atoms with Crippen LogP contribution < -0.4 is 11.1 Å². The van der Waals surface area contributed by atoms with Crippen molar-refractivity contribution in [3.63, 3.8) is 0 Å². The molecule has 7 rings (SSSR count). The molecule has 5 nitrogen and oxygen atoms in total. The molecular weight excluding hydrogens is 623 g/mol. The Bertz CT molecular complexity index is 2280. The van der Waals surface area contributed by atoms with E-state index in [0.717, 1.165) is 61.8 Å². The van der Waals surface area contributed by atoms with E-state index in [0.29, 0.717) is 12.1 Å². The van der Waals surface area contributed by atoms with Gasteiger partial charge in [0.2, 0.25) is 0 Å². The van der Waals surface area contributed by atoms with Gasteiger partial charge in [0.15, 0.2) is 5.84 Å². The van der Waals surface area contributed by atoms with Gasteiger partial charge in [-0.3, -0.25) is 5.41 Å². The first-order valence-electron chi connectivity index (χ1n) is 17.0. The highest BCUT2D eigenvalue weighted by Gasteiger charge is 2.14. The lowest BCUT2D eigenvalue weighted by Crippen LogP contribution is -2.28. The summed E-state index contributed by atoms with van der Waals surface area (Å²) in [6.45, 7) is 0.671. The lowest BCUT2D eigenvalue weighted by atomic mass is 9.94. The van der Waals surface area contributed by atoms with Crippen molar-refractivity contribution in [1.82, 2.24) is 4.90 Å². The molecule has 0 saturated carbocycles. The number of nitrogens with one attached hydrogen (secondary N) is 2. The maximum atomic E-state index is 9.10. The first kappa shape index (κ1) is 32.8. The first-order chi connectivity index (χ1) is 25.0. The van der Waals surface area contributed by atoms with Crippen LogP contribution in [-0.4, -0.2) is 23.6 Å². The van der Waals surface area contributed by atoms with E-state index in [9.17, 15) is 0 Å². The number of hydrogen-bond acceptors (Lipinski definition) is 3. The van der Waals surface area contributed by atoms with Gasteiger partial charge in [0.05, 0.1) is 0 Å². The lowest BCUT2D eigenvalue weighted by Gasteiger charge is -2.22. The van der Waals surface area contributed by atoms with Crippen molar-refractivity contribution in [2.24, 2.45) is 4.99 Å². The van der Waals surface area contributed by atoms with Crippen LogP contribution >= 0.6 is 0 Å². The second kappa shape index (κ2) is 15.2. The van der Waals surface area contributed by atoms with Crippen LogP contribution in [0.5, 0.6) is 0 Å². The molecule has 0 heterocycles. The standard InChI is InChI=1S/C46H39N5/c1-51(32-33-15-6-2-7-16-33)46(36-21-12-5-13-22-36)50-45(48)39-23-14-24-40(29-39)49-44-28-26-38(30-42(44)35-19-10-4-11-20-35)41-27-25-37(31-43(41)47)34-17-8-3-9-18-34/h2-31,48-49H,32,47H2,1H3. The monoisotopic (exact) mass is 661 g/mol. The van der Waals surface area contributed by atoms with Crippen molar-refractivity contribution in [1.29, 1.82) is 5.41 Å². The number of benzene rings is 7. The van der Waals surface area contributed by atoms with Crippen LogP contribution in [0, 0.1) is 5.41 Å². The number of nitrogen functional groups attached to an aromatic ring is 1. The van der Waals surface area contributed by atoms with Crippen LogP contribution in [0.4, 0.5) is 17.1 Å². The molecule has 7 aromatic rings. The third-order valence-corrected chi connectivity index (χ3v) is 8.86. The molecule has 0 amide bonds. The number of nitrogens with zero attached hydrogens (tertiary/aromatic N) is 2. The van der Waals surface area contributed by atoms with Crippen molar-refractivity contribution in [2.75, 3.05) is 18.1 Å². The number of amidine groups is 2. The summed E-state index contributed by atoms with van der Waals surface area (Å²) in [6.07, 6.45) is 0. The van der Waals surface area contributed by atoms with E-state index < -0.39 is 0 Å². The van der Waals surface area contributed by atoms with E-state index in [4.69, 9.17) is 16.1 Å². The van der Waals surface area contributed by atoms with Gasteiger partial charge in [-0.15, -0.1) is 0 Å². The van der Waals surface area contributed by atoms with Gasteiger partial charge >= 0.3 is 0 Å². The number of aliphatic imine (C=N–C) groups is 1. The normalized spacial score (nSPS) is 11.2. The van der Waals surface area contributed by atoms with Crippen molar-refractivity contribution in [3.8, 4) is 33.4 Å². The molecule has 0 atom stereocenters. The van der Waals surface area contributed by atoms with Crippen LogP contribution in [0.1, 0.15) is 16.7 Å². The molecule has 0 bridgehead atoms. The van der Waals surface area contributed by atoms with Crippen molar-refractivity contribution >= 4 is 28.7 Å². The van der Waals surface area contributed by atoms with Gasteiger partial charge in [-0.05, 0) is 58.1 Å². The molecule has 0 radical (unpaired) electrons. The highest BCUT2D eigenvalue weighted by molar-refractivity contribution is 6.10. The number of nitrogens with two attached hydrogens (primary N) is 1. The van der Waals surface area contributed by atoms with E-state index in [1.807, 2.05) is 122 Å². The zero-order chi connectivity index (χ0) is 35.0. The summed E-state index contributed by atoms with van der Waals surface area (Å²) in [5.74, 6) is 0.923. The summed E-state index contributed by atoms with van der Waals surface area (Å²) in [4.78, 5) is 6.99. The Morgan fingerprint density at radius 2 is 1.18 bits per heavy atom. The third kappa shape index (κ3) is 7.79. The van der Waals surface area contributed by atoms with Gasteiger partial charge in [0, 0.05) is 52.9 Å². The number of anilines is 3. The molecule has 0 aromatic heterocycles. The summed E-state index contributed by atoms with van der Waals surface area (Å²) < 4.78 is 0. The topological polar surface area (TPSA) is 77.5 Å². The number of hydrogen-bond donors (Lipinski definition) is 3. The van der Waals surface area contributed by atoms with Gasteiger partial charge in [-0.25, -0.2) is 4.99 Å². The maximum Gasteiger partial charge on any atom is 0.154 e. The van der Waals surface area contributed by atoms with Crippen molar-refractivity contribution in [3.05, 3.63) is 199 Å². The second-order valence-corrected chi connectivity index (χ2v) is 12.5. The smallest absolute Gasteiger partial charge is 0.154 e. The molecule has 248 valence electrons. The van der Waals surface area contributed by atoms with Gasteiger partial charge in [0.25, 0.3) is 0 Å². The molecule has 0 fully saturated rings. The van der Waals surface area contributed by atoms with Crippen molar-refractivity contribution < 1.29 is 0 Å². The van der Waals surface area contributed by atoms with Crippen LogP contribution in [-0.2, 0) is 6.54 Å². The Morgan fingerprint density at radius 3 is 1.86 bits per heavy atom. The Morgan fingerprint density at radius 1 is 0.569 bits per heavy atom. The predicted octanol–water partition coefficient (Wildman–Crippen LogP) is 10.9. The maximum absolute atomic E-state index is 9.10. The van der Waals surface area contributed by atoms with Gasteiger partial charge < -0.3 is 16.0 Å². The molecule has 0 spiro atoms. The van der Waals surface area contributed by atoms with Crippen molar-refractivity contribution in [2.45, 2.75) is 6.54 Å². The second-order valence-electron chi connectivity index (χ2n) is 12.5. The quantitative estimate of drug-likeness (QED) is 0.0818. The zero-order valence-electron chi connectivity index (χ0n) is 28.5. The fraction of sp³-hybridized carbons (Fsp3) is 0.0435. The van der Waals surface area contributed by atoms with Gasteiger partial charge in [-0.1, -0.05) is 152 Å². The molecule has 0 unspecified atom stereocenters. The minimum Gasteiger partial charge on any atom is -0.398 e. The predicted molar refractivity (Wildman–Crippen MR) is 215 cm³/mol. The van der Waals surface area contributed by atoms with E-state index in [1.54, 1.807) is 0 Å². The van der Waals surface area contributed by atoms with Crippen LogP contribution in [0.15, 0.2) is 187 Å². The summed E-state index contributed by atoms with van der Waals surface area (Å²) >= 11 is 0. The fourth-order valence-corrected chi connectivity index (χ4v) is 6.27. The Hall–Kier alpha value is -6.72. The summed E-state index contributed by atoms with van der Waals surface area (Å²) in [5.41, 5.74) is 18.4. The Labute approximate surface area is 299 Å². The highest BCUT2D eigenvalue weighted by Crippen LogP contribution is 2.37. The van der Waals surface area contributed by atoms with E-state index in [-0.39, 0.29) is 5.84 Å². The molecule has 51 heavy (non-hydrogen) atoms. The van der Waals surface area contributed by atoms with Crippen LogP contribution in [0.25, 0.3) is 33.4 Å². The highest BCUT2D eigenvalue weighted by atomic mass is 15.2. The third-order valence-electron chi connectivity index (χ3n) is 8.86. The Kier molecular flexibility index (Phi) is 9.80. The molecule has 0 saturated heterocycles. The minimum atomic E-state index is 0.186. The molecule has 4 N–H and O–H groups in total. The molecule has 0 aliphatic rings. The summed E-state index contributed by atoms with van der Waals surface area (Å²) in [5, 5.41) is 12.7. The van der Waals surface area contributed by atoms with E-state index in [1.165, 1.54) is 5.56 Å². The molecule has 7 aromatic carbocycles. The average Bonchev–Trinajstić information content (AvgIpc) is 3.18. The number of rotatable bonds is 9. The summed E-state index contributed by atoms with van der Waals surface area (Å²) in [7, 11) is 2.02. The molecule has 0 aliphatic heterocycles. The molecule has 5 heteroatoms. The SMILES string of the molecule is CN(Cc1ccccc1)C(=NC(=N)c1cccc(Nc2ccc(-c3ccc(-c4ccccc4)cc3N)cc2-c2ccccc2)c1)c1ccccc1.